The molecule has 0 amide bonds. The Kier molecular flexibility index (Phi) is 2.68. The molecular weight excluding hydrogens is 211 g/mol. The Bertz CT molecular complexity index is 522. The second-order valence-corrected chi connectivity index (χ2v) is 3.15. The number of hydrogen-bond acceptors (Lipinski definition) is 3. The molecule has 0 aliphatic rings. The molecule has 0 bridgehead atoms. The van der Waals surface area contributed by atoms with Gasteiger partial charge in [0.05, 0.1) is 18.9 Å². The fourth-order valence-corrected chi connectivity index (χ4v) is 1.33. The Hall–Kier alpha value is -2.17. The predicted octanol–water partition coefficient (Wildman–Crippen LogP) is 1.83. The standard InChI is InChI=1S/C11H9FN2O2/c1-16-9-2-3-11(10(12)4-9)14-6-8(7-15)5-13-14/h2-7H,1H3. The van der Waals surface area contributed by atoms with Gasteiger partial charge in [-0.1, -0.05) is 0 Å². The minimum atomic E-state index is -0.458. The summed E-state index contributed by atoms with van der Waals surface area (Å²) in [5.74, 6) is -0.0242. The van der Waals surface area contributed by atoms with Gasteiger partial charge in [0.1, 0.15) is 11.4 Å². The van der Waals surface area contributed by atoms with Crippen molar-refractivity contribution in [1.82, 2.24) is 9.78 Å². The van der Waals surface area contributed by atoms with E-state index >= 15 is 0 Å². The Morgan fingerprint density at radius 3 is 2.88 bits per heavy atom. The first-order valence-electron chi connectivity index (χ1n) is 4.58. The summed E-state index contributed by atoms with van der Waals surface area (Å²) >= 11 is 0. The van der Waals surface area contributed by atoms with Crippen molar-refractivity contribution in [3.05, 3.63) is 42.0 Å². The van der Waals surface area contributed by atoms with Gasteiger partial charge in [-0.2, -0.15) is 5.10 Å². The van der Waals surface area contributed by atoms with E-state index in [9.17, 15) is 9.18 Å². The first-order valence-corrected chi connectivity index (χ1v) is 4.58. The molecule has 0 radical (unpaired) electrons. The molecule has 0 unspecified atom stereocenters. The third-order valence-corrected chi connectivity index (χ3v) is 2.14. The lowest BCUT2D eigenvalue weighted by Gasteiger charge is -2.05. The van der Waals surface area contributed by atoms with E-state index < -0.39 is 5.82 Å². The monoisotopic (exact) mass is 220 g/mol. The normalized spacial score (nSPS) is 10.1. The van der Waals surface area contributed by atoms with E-state index in [2.05, 4.69) is 5.10 Å². The smallest absolute Gasteiger partial charge is 0.153 e. The number of carbonyl (C=O) groups is 1. The maximum Gasteiger partial charge on any atom is 0.153 e. The van der Waals surface area contributed by atoms with E-state index in [1.54, 1.807) is 6.07 Å². The van der Waals surface area contributed by atoms with E-state index in [0.717, 1.165) is 0 Å². The van der Waals surface area contributed by atoms with E-state index in [1.807, 2.05) is 0 Å². The van der Waals surface area contributed by atoms with E-state index in [0.29, 0.717) is 17.6 Å². The van der Waals surface area contributed by atoms with Gasteiger partial charge in [-0.3, -0.25) is 4.79 Å². The van der Waals surface area contributed by atoms with Crippen LogP contribution in [0.5, 0.6) is 5.75 Å². The van der Waals surface area contributed by atoms with Crippen molar-refractivity contribution < 1.29 is 13.9 Å². The van der Waals surface area contributed by atoms with Gasteiger partial charge in [0.25, 0.3) is 0 Å². The highest BCUT2D eigenvalue weighted by Crippen LogP contribution is 2.19. The van der Waals surface area contributed by atoms with Crippen LogP contribution in [0.1, 0.15) is 10.4 Å². The minimum Gasteiger partial charge on any atom is -0.497 e. The lowest BCUT2D eigenvalue weighted by atomic mass is 10.3. The topological polar surface area (TPSA) is 44.1 Å². The fourth-order valence-electron chi connectivity index (χ4n) is 1.33. The lowest BCUT2D eigenvalue weighted by Crippen LogP contribution is -1.98. The van der Waals surface area contributed by atoms with Crippen molar-refractivity contribution in [2.75, 3.05) is 7.11 Å². The SMILES string of the molecule is COc1ccc(-n2cc(C=O)cn2)c(F)c1. The summed E-state index contributed by atoms with van der Waals surface area (Å²) in [6.45, 7) is 0. The predicted molar refractivity (Wildman–Crippen MR) is 55.5 cm³/mol. The highest BCUT2D eigenvalue weighted by molar-refractivity contribution is 5.73. The third kappa shape index (κ3) is 1.79. The number of benzene rings is 1. The van der Waals surface area contributed by atoms with Crippen LogP contribution in [0, 0.1) is 5.82 Å². The van der Waals surface area contributed by atoms with Crippen molar-refractivity contribution in [3.8, 4) is 11.4 Å². The van der Waals surface area contributed by atoms with Crippen molar-refractivity contribution in [2.45, 2.75) is 0 Å². The van der Waals surface area contributed by atoms with E-state index in [4.69, 9.17) is 4.74 Å². The molecule has 0 aliphatic heterocycles. The first-order chi connectivity index (χ1) is 7.74. The van der Waals surface area contributed by atoms with Gasteiger partial charge < -0.3 is 4.74 Å². The van der Waals surface area contributed by atoms with Crippen LogP contribution in [0.2, 0.25) is 0 Å². The van der Waals surface area contributed by atoms with Crippen LogP contribution in [0.3, 0.4) is 0 Å². The maximum atomic E-state index is 13.6. The van der Waals surface area contributed by atoms with Crippen LogP contribution >= 0.6 is 0 Å². The number of carbonyl (C=O) groups excluding carboxylic acids is 1. The summed E-state index contributed by atoms with van der Waals surface area (Å²) in [7, 11) is 1.47. The third-order valence-electron chi connectivity index (χ3n) is 2.14. The molecule has 1 heterocycles. The molecule has 0 N–H and O–H groups in total. The molecule has 82 valence electrons. The quantitative estimate of drug-likeness (QED) is 0.741. The van der Waals surface area contributed by atoms with Crippen LogP contribution in [0.15, 0.2) is 30.6 Å². The number of ether oxygens (including phenoxy) is 1. The number of hydrogen-bond donors (Lipinski definition) is 0. The molecule has 5 heteroatoms. The van der Waals surface area contributed by atoms with E-state index in [1.165, 1.54) is 36.3 Å². The Labute approximate surface area is 91.3 Å². The second kappa shape index (κ2) is 4.14. The number of halogens is 1. The maximum absolute atomic E-state index is 13.6. The summed E-state index contributed by atoms with van der Waals surface area (Å²) < 4.78 is 19.8. The molecule has 1 aromatic heterocycles. The molecule has 16 heavy (non-hydrogen) atoms. The number of aromatic nitrogens is 2. The average Bonchev–Trinajstić information content (AvgIpc) is 2.77. The molecule has 0 saturated heterocycles. The highest BCUT2D eigenvalue weighted by Gasteiger charge is 2.07. The molecule has 0 aliphatic carbocycles. The summed E-state index contributed by atoms with van der Waals surface area (Å²) in [6, 6.07) is 4.42. The summed E-state index contributed by atoms with van der Waals surface area (Å²) in [5, 5.41) is 3.88. The first kappa shape index (κ1) is 10.4. The Balaban J connectivity index is 2.43. The molecule has 4 nitrogen and oxygen atoms in total. The van der Waals surface area contributed by atoms with Crippen LogP contribution in [-0.4, -0.2) is 23.2 Å². The van der Waals surface area contributed by atoms with Crippen LogP contribution < -0.4 is 4.74 Å². The average molecular weight is 220 g/mol. The molecule has 0 saturated carbocycles. The van der Waals surface area contributed by atoms with Crippen molar-refractivity contribution in [2.24, 2.45) is 0 Å². The van der Waals surface area contributed by atoms with E-state index in [-0.39, 0.29) is 5.69 Å². The van der Waals surface area contributed by atoms with Gasteiger partial charge in [-0.25, -0.2) is 9.07 Å². The van der Waals surface area contributed by atoms with Crippen molar-refractivity contribution in [1.29, 1.82) is 0 Å². The summed E-state index contributed by atoms with van der Waals surface area (Å²) in [6.07, 6.45) is 3.49. The molecule has 0 atom stereocenters. The van der Waals surface area contributed by atoms with Crippen molar-refractivity contribution in [3.63, 3.8) is 0 Å². The number of rotatable bonds is 3. The van der Waals surface area contributed by atoms with Gasteiger partial charge in [0.2, 0.25) is 0 Å². The largest absolute Gasteiger partial charge is 0.497 e. The molecule has 0 fully saturated rings. The van der Waals surface area contributed by atoms with Crippen molar-refractivity contribution >= 4 is 6.29 Å². The summed E-state index contributed by atoms with van der Waals surface area (Å²) in [5.41, 5.74) is 0.670. The zero-order valence-corrected chi connectivity index (χ0v) is 8.55. The van der Waals surface area contributed by atoms with Gasteiger partial charge in [0.15, 0.2) is 12.1 Å². The van der Waals surface area contributed by atoms with Crippen LogP contribution in [0.4, 0.5) is 4.39 Å². The fraction of sp³-hybridized carbons (Fsp3) is 0.0909. The number of aldehydes is 1. The van der Waals surface area contributed by atoms with Gasteiger partial charge in [-0.05, 0) is 12.1 Å². The minimum absolute atomic E-state index is 0.272. The van der Waals surface area contributed by atoms with Crippen LogP contribution in [0.25, 0.3) is 5.69 Å². The van der Waals surface area contributed by atoms with Gasteiger partial charge in [-0.15, -0.1) is 0 Å². The Morgan fingerprint density at radius 2 is 2.31 bits per heavy atom. The van der Waals surface area contributed by atoms with Crippen LogP contribution in [-0.2, 0) is 0 Å². The molecular formula is C11H9FN2O2. The zero-order chi connectivity index (χ0) is 11.5. The van der Waals surface area contributed by atoms with Gasteiger partial charge in [0, 0.05) is 12.3 Å². The molecule has 2 rings (SSSR count). The number of nitrogens with zero attached hydrogens (tertiary/aromatic N) is 2. The highest BCUT2D eigenvalue weighted by atomic mass is 19.1. The molecule has 1 aromatic carbocycles. The number of methoxy groups -OCH3 is 1. The second-order valence-electron chi connectivity index (χ2n) is 3.15. The molecule has 2 aromatic rings. The van der Waals surface area contributed by atoms with Gasteiger partial charge >= 0.3 is 0 Å². The Morgan fingerprint density at radius 1 is 1.50 bits per heavy atom. The molecule has 0 spiro atoms. The summed E-state index contributed by atoms with van der Waals surface area (Å²) in [4.78, 5) is 10.5. The zero-order valence-electron chi connectivity index (χ0n) is 8.55. The lowest BCUT2D eigenvalue weighted by molar-refractivity contribution is 0.112.